The number of methoxy groups -OCH3 is 1. The van der Waals surface area contributed by atoms with Crippen molar-refractivity contribution in [3.8, 4) is 5.75 Å². The molecule has 1 aliphatic heterocycles. The lowest BCUT2D eigenvalue weighted by molar-refractivity contribution is -0.921. The van der Waals surface area contributed by atoms with Crippen LogP contribution in [0.5, 0.6) is 5.75 Å². The largest absolute Gasteiger partial charge is 0.497 e. The maximum absolute atomic E-state index is 12.1. The molecule has 6 heteroatoms. The number of morpholine rings is 1. The molecule has 0 atom stereocenters. The number of benzene rings is 2. The Morgan fingerprint density at radius 2 is 1.74 bits per heavy atom. The number of nitrogens with one attached hydrogen (secondary N) is 2. The zero-order valence-electron chi connectivity index (χ0n) is 15.7. The molecule has 144 valence electrons. The summed E-state index contributed by atoms with van der Waals surface area (Å²) < 4.78 is 10.5. The van der Waals surface area contributed by atoms with Crippen LogP contribution in [0.15, 0.2) is 53.4 Å². The molecule has 2 aromatic rings. The van der Waals surface area contributed by atoms with Gasteiger partial charge in [-0.3, -0.25) is 4.79 Å². The van der Waals surface area contributed by atoms with Gasteiger partial charge >= 0.3 is 0 Å². The first-order valence-electron chi connectivity index (χ1n) is 9.25. The van der Waals surface area contributed by atoms with E-state index in [1.165, 1.54) is 17.3 Å². The van der Waals surface area contributed by atoms with Crippen LogP contribution in [0.25, 0.3) is 0 Å². The van der Waals surface area contributed by atoms with Crippen LogP contribution in [-0.2, 0) is 22.6 Å². The molecule has 2 N–H and O–H groups in total. The molecule has 0 radical (unpaired) electrons. The number of hydrogen-bond acceptors (Lipinski definition) is 4. The van der Waals surface area contributed by atoms with Gasteiger partial charge in [0.15, 0.2) is 0 Å². The van der Waals surface area contributed by atoms with Crippen LogP contribution in [-0.4, -0.2) is 45.1 Å². The average Bonchev–Trinajstić information content (AvgIpc) is 2.73. The van der Waals surface area contributed by atoms with Crippen molar-refractivity contribution < 1.29 is 19.2 Å². The molecule has 27 heavy (non-hydrogen) atoms. The maximum atomic E-state index is 12.1. The Hall–Kier alpha value is -2.02. The van der Waals surface area contributed by atoms with E-state index in [4.69, 9.17) is 9.47 Å². The molecule has 1 fully saturated rings. The maximum Gasteiger partial charge on any atom is 0.230 e. The second-order valence-electron chi connectivity index (χ2n) is 6.60. The highest BCUT2D eigenvalue weighted by Crippen LogP contribution is 2.20. The number of amides is 1. The molecule has 0 saturated carbocycles. The van der Waals surface area contributed by atoms with Gasteiger partial charge in [0.1, 0.15) is 25.4 Å². The molecule has 0 unspecified atom stereocenters. The number of thioether (sulfide) groups is 1. The molecule has 1 aliphatic rings. The van der Waals surface area contributed by atoms with Gasteiger partial charge in [-0.05, 0) is 29.8 Å². The van der Waals surface area contributed by atoms with Crippen molar-refractivity contribution in [2.75, 3.05) is 39.2 Å². The fraction of sp³-hybridized carbons (Fsp3) is 0.381. The Morgan fingerprint density at radius 1 is 1.07 bits per heavy atom. The summed E-state index contributed by atoms with van der Waals surface area (Å²) in [5, 5.41) is 2.99. The Balaban J connectivity index is 1.38. The molecule has 0 aliphatic carbocycles. The quantitative estimate of drug-likeness (QED) is 0.675. The summed E-state index contributed by atoms with van der Waals surface area (Å²) in [7, 11) is 1.64. The monoisotopic (exact) mass is 387 g/mol. The van der Waals surface area contributed by atoms with E-state index < -0.39 is 0 Å². The Bertz CT molecular complexity index is 713. The van der Waals surface area contributed by atoms with E-state index >= 15 is 0 Å². The summed E-state index contributed by atoms with van der Waals surface area (Å²) in [6, 6.07) is 16.3. The Labute approximate surface area is 165 Å². The van der Waals surface area contributed by atoms with Crippen molar-refractivity contribution in [2.24, 2.45) is 0 Å². The molecule has 0 spiro atoms. The summed E-state index contributed by atoms with van der Waals surface area (Å²) in [6.07, 6.45) is 0. The van der Waals surface area contributed by atoms with Gasteiger partial charge in [0, 0.05) is 17.0 Å². The fourth-order valence-electron chi connectivity index (χ4n) is 2.97. The second kappa shape index (κ2) is 10.3. The minimum absolute atomic E-state index is 0.0395. The number of ether oxygens (including phenoxy) is 2. The van der Waals surface area contributed by atoms with Crippen LogP contribution in [0, 0.1) is 0 Å². The van der Waals surface area contributed by atoms with E-state index in [9.17, 15) is 4.79 Å². The highest BCUT2D eigenvalue weighted by Gasteiger charge is 2.14. The molecule has 1 amide bonds. The molecular weight excluding hydrogens is 360 g/mol. The van der Waals surface area contributed by atoms with Gasteiger partial charge in [-0.15, -0.1) is 11.8 Å². The number of rotatable bonds is 8. The van der Waals surface area contributed by atoms with E-state index in [-0.39, 0.29) is 5.91 Å². The molecule has 1 heterocycles. The zero-order chi connectivity index (χ0) is 18.9. The van der Waals surface area contributed by atoms with Crippen LogP contribution < -0.4 is 15.0 Å². The molecule has 0 bridgehead atoms. The molecule has 5 nitrogen and oxygen atoms in total. The van der Waals surface area contributed by atoms with E-state index in [1.54, 1.807) is 12.0 Å². The third kappa shape index (κ3) is 6.57. The summed E-state index contributed by atoms with van der Waals surface area (Å²) in [4.78, 5) is 14.7. The number of carbonyl (C=O) groups is 1. The van der Waals surface area contributed by atoms with Gasteiger partial charge in [0.25, 0.3) is 0 Å². The van der Waals surface area contributed by atoms with Gasteiger partial charge in [0.05, 0.1) is 26.1 Å². The van der Waals surface area contributed by atoms with Crippen LogP contribution in [0.1, 0.15) is 11.1 Å². The highest BCUT2D eigenvalue weighted by atomic mass is 32.2. The summed E-state index contributed by atoms with van der Waals surface area (Å²) >= 11 is 1.52. The molecule has 0 aromatic heterocycles. The zero-order valence-corrected chi connectivity index (χ0v) is 16.5. The van der Waals surface area contributed by atoms with E-state index in [0.717, 1.165) is 49.1 Å². The topological polar surface area (TPSA) is 52.0 Å². The lowest BCUT2D eigenvalue weighted by Gasteiger charge is -2.23. The van der Waals surface area contributed by atoms with Gasteiger partial charge in [-0.25, -0.2) is 0 Å². The lowest BCUT2D eigenvalue weighted by atomic mass is 10.1. The third-order valence-corrected chi connectivity index (χ3v) is 5.61. The van der Waals surface area contributed by atoms with E-state index in [0.29, 0.717) is 12.3 Å². The third-order valence-electron chi connectivity index (χ3n) is 4.60. The molecular formula is C21H27N2O3S+. The van der Waals surface area contributed by atoms with Crippen LogP contribution in [0.3, 0.4) is 0 Å². The fourth-order valence-corrected chi connectivity index (χ4v) is 3.70. The predicted octanol–water partition coefficient (Wildman–Crippen LogP) is 1.52. The van der Waals surface area contributed by atoms with Crippen LogP contribution in [0.2, 0.25) is 0 Å². The first-order chi connectivity index (χ1) is 13.2. The average molecular weight is 388 g/mol. The molecule has 2 aromatic carbocycles. The number of hydrogen-bond donors (Lipinski definition) is 2. The minimum Gasteiger partial charge on any atom is -0.497 e. The highest BCUT2D eigenvalue weighted by molar-refractivity contribution is 8.00. The lowest BCUT2D eigenvalue weighted by Crippen LogP contribution is -3.12. The van der Waals surface area contributed by atoms with E-state index in [2.05, 4.69) is 29.6 Å². The number of quaternary nitrogens is 1. The normalized spacial score (nSPS) is 14.7. The van der Waals surface area contributed by atoms with Crippen molar-refractivity contribution in [1.29, 1.82) is 0 Å². The molecule has 3 rings (SSSR count). The van der Waals surface area contributed by atoms with Crippen molar-refractivity contribution >= 4 is 17.7 Å². The van der Waals surface area contributed by atoms with Crippen molar-refractivity contribution in [2.45, 2.75) is 18.0 Å². The summed E-state index contributed by atoms with van der Waals surface area (Å²) in [6.45, 7) is 5.45. The Morgan fingerprint density at radius 3 is 2.41 bits per heavy atom. The number of carbonyl (C=O) groups excluding carboxylic acids is 1. The van der Waals surface area contributed by atoms with Crippen LogP contribution >= 0.6 is 11.8 Å². The van der Waals surface area contributed by atoms with Crippen molar-refractivity contribution in [3.05, 3.63) is 59.7 Å². The minimum atomic E-state index is 0.0395. The SMILES string of the molecule is COc1ccc(SCC(=O)NCc2ccc(C[NH+]3CCOCC3)cc2)cc1. The first kappa shape index (κ1) is 19.7. The van der Waals surface area contributed by atoms with Crippen molar-refractivity contribution in [1.82, 2.24) is 5.32 Å². The van der Waals surface area contributed by atoms with Gasteiger partial charge in [-0.1, -0.05) is 24.3 Å². The Kier molecular flexibility index (Phi) is 7.56. The standard InChI is InChI=1S/C21H26N2O3S/c1-25-19-6-8-20(9-7-19)27-16-21(24)22-14-17-2-4-18(5-3-17)15-23-10-12-26-13-11-23/h2-9H,10-16H2,1H3,(H,22,24)/p+1. The predicted molar refractivity (Wildman–Crippen MR) is 107 cm³/mol. The summed E-state index contributed by atoms with van der Waals surface area (Å²) in [5.41, 5.74) is 2.45. The summed E-state index contributed by atoms with van der Waals surface area (Å²) in [5.74, 6) is 1.27. The van der Waals surface area contributed by atoms with Crippen molar-refractivity contribution in [3.63, 3.8) is 0 Å². The first-order valence-corrected chi connectivity index (χ1v) is 10.2. The van der Waals surface area contributed by atoms with Gasteiger partial charge in [-0.2, -0.15) is 0 Å². The molecule has 1 saturated heterocycles. The van der Waals surface area contributed by atoms with Gasteiger partial charge < -0.3 is 19.7 Å². The van der Waals surface area contributed by atoms with E-state index in [1.807, 2.05) is 24.3 Å². The second-order valence-corrected chi connectivity index (χ2v) is 7.65. The van der Waals surface area contributed by atoms with Gasteiger partial charge in [0.2, 0.25) is 5.91 Å². The van der Waals surface area contributed by atoms with Crippen LogP contribution in [0.4, 0.5) is 0 Å². The smallest absolute Gasteiger partial charge is 0.230 e.